The first-order chi connectivity index (χ1) is 17.9. The number of likely N-dealkylation sites (tertiary alicyclic amines) is 1. The highest BCUT2D eigenvalue weighted by Crippen LogP contribution is 2.40. The standard InChI is InChI=1S/C27H31NO3.C2H2O4/c29-26(31-22-8-2-3-9-22)15-18-28-16-13-20(14-17-28)27-23-10-4-1-7-21(23)19-30-25-12-6-5-11-24(25)27;3-1(4)2(5)6/h1,4-7,10-12,22H,2-3,8-9,13-19H2;(H,3,4)(H,5,6). The van der Waals surface area contributed by atoms with E-state index in [1.54, 1.807) is 0 Å². The van der Waals surface area contributed by atoms with Gasteiger partial charge in [-0.1, -0.05) is 48.0 Å². The molecule has 2 heterocycles. The molecule has 196 valence electrons. The molecule has 1 saturated carbocycles. The molecule has 0 radical (unpaired) electrons. The van der Waals surface area contributed by atoms with Crippen LogP contribution in [-0.2, 0) is 25.7 Å². The van der Waals surface area contributed by atoms with Crippen LogP contribution in [0.4, 0.5) is 0 Å². The lowest BCUT2D eigenvalue weighted by Crippen LogP contribution is -2.33. The maximum atomic E-state index is 12.2. The molecule has 37 heavy (non-hydrogen) atoms. The van der Waals surface area contributed by atoms with E-state index in [1.165, 1.54) is 40.7 Å². The van der Waals surface area contributed by atoms with Crippen LogP contribution in [0.2, 0.25) is 0 Å². The van der Waals surface area contributed by atoms with Gasteiger partial charge in [0.1, 0.15) is 18.5 Å². The second-order valence-electron chi connectivity index (χ2n) is 9.52. The summed E-state index contributed by atoms with van der Waals surface area (Å²) in [6.45, 7) is 3.38. The SMILES string of the molecule is O=C(CCN1CCC(=C2c3ccccc3COc3ccccc32)CC1)OC1CCCC1.O=C(O)C(=O)O. The van der Waals surface area contributed by atoms with Gasteiger partial charge < -0.3 is 24.6 Å². The van der Waals surface area contributed by atoms with E-state index in [2.05, 4.69) is 47.4 Å². The lowest BCUT2D eigenvalue weighted by molar-refractivity contribution is -0.159. The van der Waals surface area contributed by atoms with Crippen molar-refractivity contribution in [3.05, 3.63) is 70.8 Å². The van der Waals surface area contributed by atoms with Crippen LogP contribution in [0.15, 0.2) is 54.1 Å². The lowest BCUT2D eigenvalue weighted by Gasteiger charge is -2.30. The number of nitrogens with zero attached hydrogens (tertiary/aromatic N) is 1. The Labute approximate surface area is 216 Å². The molecule has 2 N–H and O–H groups in total. The van der Waals surface area contributed by atoms with Crippen molar-refractivity contribution in [1.82, 2.24) is 4.90 Å². The van der Waals surface area contributed by atoms with Gasteiger partial charge in [0, 0.05) is 25.2 Å². The Hall–Kier alpha value is -3.65. The highest BCUT2D eigenvalue weighted by molar-refractivity contribution is 6.27. The van der Waals surface area contributed by atoms with Gasteiger partial charge in [0.2, 0.25) is 0 Å². The molecule has 0 spiro atoms. The molecule has 2 aromatic carbocycles. The molecule has 5 rings (SSSR count). The number of rotatable bonds is 4. The summed E-state index contributed by atoms with van der Waals surface area (Å²) in [6, 6.07) is 17.0. The molecule has 0 atom stereocenters. The average molecular weight is 508 g/mol. The number of esters is 1. The molecule has 8 heteroatoms. The van der Waals surface area contributed by atoms with Gasteiger partial charge >= 0.3 is 17.9 Å². The largest absolute Gasteiger partial charge is 0.488 e. The molecular weight excluding hydrogens is 474 g/mol. The van der Waals surface area contributed by atoms with Gasteiger partial charge in [-0.3, -0.25) is 4.79 Å². The number of hydrogen-bond donors (Lipinski definition) is 2. The van der Waals surface area contributed by atoms with Crippen molar-refractivity contribution in [2.75, 3.05) is 19.6 Å². The number of ether oxygens (including phenoxy) is 2. The Kier molecular flexibility index (Phi) is 8.95. The molecule has 0 unspecified atom stereocenters. The summed E-state index contributed by atoms with van der Waals surface area (Å²) in [6.07, 6.45) is 7.19. The summed E-state index contributed by atoms with van der Waals surface area (Å²) in [5.74, 6) is -2.71. The van der Waals surface area contributed by atoms with Gasteiger partial charge in [-0.05, 0) is 61.3 Å². The van der Waals surface area contributed by atoms with Crippen LogP contribution in [0.5, 0.6) is 5.75 Å². The highest BCUT2D eigenvalue weighted by Gasteiger charge is 2.25. The van der Waals surface area contributed by atoms with Crippen LogP contribution in [0.1, 0.15) is 61.6 Å². The molecule has 3 aliphatic rings. The smallest absolute Gasteiger partial charge is 0.414 e. The van der Waals surface area contributed by atoms with Gasteiger partial charge in [-0.2, -0.15) is 0 Å². The summed E-state index contributed by atoms with van der Waals surface area (Å²) in [7, 11) is 0. The normalized spacial score (nSPS) is 17.4. The number of piperidine rings is 1. The summed E-state index contributed by atoms with van der Waals surface area (Å²) in [5, 5.41) is 14.8. The fourth-order valence-electron chi connectivity index (χ4n) is 5.17. The van der Waals surface area contributed by atoms with Crippen molar-refractivity contribution in [2.45, 2.75) is 57.7 Å². The van der Waals surface area contributed by atoms with Crippen molar-refractivity contribution in [3.8, 4) is 5.75 Å². The molecule has 0 aromatic heterocycles. The van der Waals surface area contributed by atoms with Gasteiger partial charge in [-0.25, -0.2) is 9.59 Å². The van der Waals surface area contributed by atoms with E-state index in [0.29, 0.717) is 13.0 Å². The molecule has 2 aromatic rings. The topological polar surface area (TPSA) is 113 Å². The maximum absolute atomic E-state index is 12.2. The molecule has 1 aliphatic carbocycles. The van der Waals surface area contributed by atoms with Gasteiger partial charge in [-0.15, -0.1) is 0 Å². The molecule has 2 fully saturated rings. The summed E-state index contributed by atoms with van der Waals surface area (Å²) < 4.78 is 11.8. The minimum Gasteiger partial charge on any atom is -0.488 e. The molecule has 0 amide bonds. The summed E-state index contributed by atoms with van der Waals surface area (Å²) >= 11 is 0. The fourth-order valence-corrected chi connectivity index (χ4v) is 5.17. The maximum Gasteiger partial charge on any atom is 0.414 e. The van der Waals surface area contributed by atoms with Crippen molar-refractivity contribution < 1.29 is 34.1 Å². The minimum atomic E-state index is -1.82. The van der Waals surface area contributed by atoms with Crippen LogP contribution in [0, 0.1) is 0 Å². The lowest BCUT2D eigenvalue weighted by atomic mass is 9.86. The predicted octanol–water partition coefficient (Wildman–Crippen LogP) is 4.51. The van der Waals surface area contributed by atoms with Crippen LogP contribution in [0.25, 0.3) is 5.57 Å². The zero-order valence-corrected chi connectivity index (χ0v) is 20.9. The van der Waals surface area contributed by atoms with Gasteiger partial charge in [0.15, 0.2) is 0 Å². The number of carboxylic acid groups (broad SMARTS) is 2. The number of hydrogen-bond acceptors (Lipinski definition) is 6. The van der Waals surface area contributed by atoms with Gasteiger partial charge in [0.05, 0.1) is 6.42 Å². The van der Waals surface area contributed by atoms with Gasteiger partial charge in [0.25, 0.3) is 0 Å². The second kappa shape index (κ2) is 12.5. The fraction of sp³-hybridized carbons (Fsp3) is 0.414. The third-order valence-electron chi connectivity index (χ3n) is 7.05. The zero-order valence-electron chi connectivity index (χ0n) is 20.9. The molecule has 8 nitrogen and oxygen atoms in total. The number of aliphatic carboxylic acids is 2. The third kappa shape index (κ3) is 6.98. The zero-order chi connectivity index (χ0) is 26.2. The first kappa shape index (κ1) is 26.4. The van der Waals surface area contributed by atoms with E-state index in [4.69, 9.17) is 29.3 Å². The Balaban J connectivity index is 0.000000480. The van der Waals surface area contributed by atoms with Crippen LogP contribution < -0.4 is 4.74 Å². The second-order valence-corrected chi connectivity index (χ2v) is 9.52. The average Bonchev–Trinajstić information content (AvgIpc) is 3.35. The Morgan fingerprint density at radius 2 is 1.51 bits per heavy atom. The molecule has 0 bridgehead atoms. The van der Waals surface area contributed by atoms with E-state index in [1.807, 2.05) is 6.07 Å². The minimum absolute atomic E-state index is 0.0279. The van der Waals surface area contributed by atoms with E-state index >= 15 is 0 Å². The number of carboxylic acids is 2. The first-order valence-electron chi connectivity index (χ1n) is 12.8. The Bertz CT molecular complexity index is 1090. The van der Waals surface area contributed by atoms with Crippen molar-refractivity contribution in [2.24, 2.45) is 0 Å². The third-order valence-corrected chi connectivity index (χ3v) is 7.05. The number of para-hydroxylation sites is 1. The van der Waals surface area contributed by atoms with Crippen LogP contribution >= 0.6 is 0 Å². The van der Waals surface area contributed by atoms with Crippen LogP contribution in [-0.4, -0.2) is 58.8 Å². The predicted molar refractivity (Wildman–Crippen MR) is 137 cm³/mol. The molecular formula is C29H33NO7. The van der Waals surface area contributed by atoms with Crippen molar-refractivity contribution >= 4 is 23.5 Å². The van der Waals surface area contributed by atoms with E-state index < -0.39 is 11.9 Å². The number of benzene rings is 2. The number of fused-ring (bicyclic) bond motifs is 2. The summed E-state index contributed by atoms with van der Waals surface area (Å²) in [4.78, 5) is 32.8. The number of carbonyl (C=O) groups is 3. The summed E-state index contributed by atoms with van der Waals surface area (Å²) in [5.41, 5.74) is 6.60. The van der Waals surface area contributed by atoms with E-state index in [0.717, 1.165) is 51.1 Å². The van der Waals surface area contributed by atoms with Crippen molar-refractivity contribution in [1.29, 1.82) is 0 Å². The molecule has 2 aliphatic heterocycles. The van der Waals surface area contributed by atoms with E-state index in [-0.39, 0.29) is 12.1 Å². The monoisotopic (exact) mass is 507 g/mol. The van der Waals surface area contributed by atoms with Crippen LogP contribution in [0.3, 0.4) is 0 Å². The number of carbonyl (C=O) groups excluding carboxylic acids is 1. The quantitative estimate of drug-likeness (QED) is 0.459. The Morgan fingerprint density at radius 3 is 2.19 bits per heavy atom. The molecule has 1 saturated heterocycles. The highest BCUT2D eigenvalue weighted by atomic mass is 16.5. The van der Waals surface area contributed by atoms with E-state index in [9.17, 15) is 4.79 Å². The Morgan fingerprint density at radius 1 is 0.892 bits per heavy atom. The van der Waals surface area contributed by atoms with Crippen molar-refractivity contribution in [3.63, 3.8) is 0 Å². The first-order valence-corrected chi connectivity index (χ1v) is 12.8.